The lowest BCUT2D eigenvalue weighted by atomic mass is 10.1. The number of fused-ring (bicyclic) bond motifs is 1. The maximum atomic E-state index is 9.29. The van der Waals surface area contributed by atoms with Crippen molar-refractivity contribution in [3.05, 3.63) is 59.5 Å². The van der Waals surface area contributed by atoms with E-state index in [-0.39, 0.29) is 0 Å². The molecule has 3 rings (SSSR count). The van der Waals surface area contributed by atoms with Crippen molar-refractivity contribution < 1.29 is 5.11 Å². The molecule has 0 aliphatic rings. The third-order valence-electron chi connectivity index (χ3n) is 3.34. The van der Waals surface area contributed by atoms with Gasteiger partial charge in [0.2, 0.25) is 0 Å². The van der Waals surface area contributed by atoms with Crippen LogP contribution in [0.3, 0.4) is 0 Å². The van der Waals surface area contributed by atoms with Gasteiger partial charge in [-0.25, -0.2) is 0 Å². The zero-order valence-electron chi connectivity index (χ0n) is 11.3. The first kappa shape index (κ1) is 13.0. The summed E-state index contributed by atoms with van der Waals surface area (Å²) in [6.07, 6.45) is 0.932. The number of aromatic hydroxyl groups is 1. The SMILES string of the molecule is CC(Cc1ccc(O)cc1)Nc1ccc2sccc2c1. The van der Waals surface area contributed by atoms with E-state index in [9.17, 15) is 5.11 Å². The smallest absolute Gasteiger partial charge is 0.115 e. The van der Waals surface area contributed by atoms with E-state index in [1.165, 1.54) is 15.6 Å². The lowest BCUT2D eigenvalue weighted by Gasteiger charge is -2.15. The van der Waals surface area contributed by atoms with Crippen molar-refractivity contribution >= 4 is 27.1 Å². The molecule has 0 spiro atoms. The van der Waals surface area contributed by atoms with E-state index in [0.717, 1.165) is 12.1 Å². The largest absolute Gasteiger partial charge is 0.508 e. The van der Waals surface area contributed by atoms with Crippen LogP contribution in [-0.2, 0) is 6.42 Å². The first-order valence-electron chi connectivity index (χ1n) is 6.72. The van der Waals surface area contributed by atoms with Gasteiger partial charge in [0.15, 0.2) is 0 Å². The summed E-state index contributed by atoms with van der Waals surface area (Å²) in [5.41, 5.74) is 2.38. The Labute approximate surface area is 122 Å². The lowest BCUT2D eigenvalue weighted by Crippen LogP contribution is -2.17. The first-order chi connectivity index (χ1) is 9.70. The van der Waals surface area contributed by atoms with Crippen LogP contribution in [0, 0.1) is 0 Å². The van der Waals surface area contributed by atoms with Gasteiger partial charge in [0, 0.05) is 16.4 Å². The summed E-state index contributed by atoms with van der Waals surface area (Å²) in [7, 11) is 0. The zero-order valence-corrected chi connectivity index (χ0v) is 12.2. The highest BCUT2D eigenvalue weighted by Crippen LogP contribution is 2.24. The highest BCUT2D eigenvalue weighted by Gasteiger charge is 2.05. The number of hydrogen-bond donors (Lipinski definition) is 2. The fraction of sp³-hybridized carbons (Fsp3) is 0.176. The van der Waals surface area contributed by atoms with Gasteiger partial charge in [-0.2, -0.15) is 0 Å². The molecule has 20 heavy (non-hydrogen) atoms. The zero-order chi connectivity index (χ0) is 13.9. The number of phenols is 1. The van der Waals surface area contributed by atoms with Gasteiger partial charge in [-0.15, -0.1) is 11.3 Å². The van der Waals surface area contributed by atoms with Gasteiger partial charge in [0.25, 0.3) is 0 Å². The molecule has 2 N–H and O–H groups in total. The molecule has 0 aliphatic heterocycles. The summed E-state index contributed by atoms with van der Waals surface area (Å²) < 4.78 is 1.32. The normalized spacial score (nSPS) is 12.4. The van der Waals surface area contributed by atoms with Gasteiger partial charge in [-0.3, -0.25) is 0 Å². The van der Waals surface area contributed by atoms with Crippen molar-refractivity contribution in [2.45, 2.75) is 19.4 Å². The van der Waals surface area contributed by atoms with Crippen LogP contribution in [0.5, 0.6) is 5.75 Å². The van der Waals surface area contributed by atoms with Gasteiger partial charge in [-0.1, -0.05) is 12.1 Å². The minimum atomic E-state index is 0.317. The number of phenolic OH excluding ortho intramolecular Hbond substituents is 1. The number of rotatable bonds is 4. The maximum Gasteiger partial charge on any atom is 0.115 e. The molecule has 0 amide bonds. The second-order valence-corrected chi connectivity index (χ2v) is 6.04. The molecule has 0 fully saturated rings. The quantitative estimate of drug-likeness (QED) is 0.730. The molecule has 3 aromatic rings. The van der Waals surface area contributed by atoms with E-state index in [2.05, 4.69) is 41.9 Å². The number of nitrogens with one attached hydrogen (secondary N) is 1. The van der Waals surface area contributed by atoms with Gasteiger partial charge >= 0.3 is 0 Å². The van der Waals surface area contributed by atoms with E-state index in [1.807, 2.05) is 12.1 Å². The van der Waals surface area contributed by atoms with Gasteiger partial charge in [-0.05, 0) is 66.1 Å². The molecule has 102 valence electrons. The van der Waals surface area contributed by atoms with Crippen molar-refractivity contribution in [3.8, 4) is 5.75 Å². The lowest BCUT2D eigenvalue weighted by molar-refractivity contribution is 0.475. The van der Waals surface area contributed by atoms with E-state index in [4.69, 9.17) is 0 Å². The Kier molecular flexibility index (Phi) is 3.61. The predicted octanol–water partition coefficient (Wildman–Crippen LogP) is 4.65. The van der Waals surface area contributed by atoms with Crippen molar-refractivity contribution in [2.75, 3.05) is 5.32 Å². The second kappa shape index (κ2) is 5.55. The van der Waals surface area contributed by atoms with E-state index >= 15 is 0 Å². The molecule has 1 aromatic heterocycles. The fourth-order valence-electron chi connectivity index (χ4n) is 2.38. The Morgan fingerprint density at radius 1 is 1.10 bits per heavy atom. The molecular weight excluding hydrogens is 266 g/mol. The average Bonchev–Trinajstić information content (AvgIpc) is 2.89. The van der Waals surface area contributed by atoms with Crippen LogP contribution in [0.25, 0.3) is 10.1 Å². The summed E-state index contributed by atoms with van der Waals surface area (Å²) in [6.45, 7) is 2.17. The van der Waals surface area contributed by atoms with Crippen LogP contribution < -0.4 is 5.32 Å². The third-order valence-corrected chi connectivity index (χ3v) is 4.24. The minimum absolute atomic E-state index is 0.317. The third kappa shape index (κ3) is 2.94. The molecule has 1 unspecified atom stereocenters. The first-order valence-corrected chi connectivity index (χ1v) is 7.60. The van der Waals surface area contributed by atoms with E-state index < -0.39 is 0 Å². The van der Waals surface area contributed by atoms with Crippen molar-refractivity contribution in [3.63, 3.8) is 0 Å². The topological polar surface area (TPSA) is 32.3 Å². The minimum Gasteiger partial charge on any atom is -0.508 e. The highest BCUT2D eigenvalue weighted by molar-refractivity contribution is 7.17. The predicted molar refractivity (Wildman–Crippen MR) is 86.7 cm³/mol. The molecular formula is C17H17NOS. The van der Waals surface area contributed by atoms with Crippen LogP contribution in [0.4, 0.5) is 5.69 Å². The molecule has 2 nitrogen and oxygen atoms in total. The maximum absolute atomic E-state index is 9.29. The Morgan fingerprint density at radius 2 is 1.90 bits per heavy atom. The van der Waals surface area contributed by atoms with E-state index in [1.54, 1.807) is 23.5 Å². The molecule has 2 aromatic carbocycles. The molecule has 0 saturated heterocycles. The van der Waals surface area contributed by atoms with Crippen molar-refractivity contribution in [2.24, 2.45) is 0 Å². The summed E-state index contributed by atoms with van der Waals surface area (Å²) in [6, 6.07) is 16.4. The van der Waals surface area contributed by atoms with Crippen LogP contribution in [0.2, 0.25) is 0 Å². The number of anilines is 1. The Balaban J connectivity index is 1.68. The average molecular weight is 283 g/mol. The summed E-state index contributed by atoms with van der Waals surface area (Å²) >= 11 is 1.77. The number of benzene rings is 2. The summed E-state index contributed by atoms with van der Waals surface area (Å²) in [4.78, 5) is 0. The monoisotopic (exact) mass is 283 g/mol. The van der Waals surface area contributed by atoms with Gasteiger partial charge in [0.05, 0.1) is 0 Å². The molecule has 3 heteroatoms. The Morgan fingerprint density at radius 3 is 2.70 bits per heavy atom. The molecule has 0 saturated carbocycles. The number of thiophene rings is 1. The molecule has 1 atom stereocenters. The van der Waals surface area contributed by atoms with Gasteiger partial charge < -0.3 is 10.4 Å². The van der Waals surface area contributed by atoms with Crippen molar-refractivity contribution in [1.82, 2.24) is 0 Å². The van der Waals surface area contributed by atoms with E-state index in [0.29, 0.717) is 11.8 Å². The Hall–Kier alpha value is -2.00. The van der Waals surface area contributed by atoms with Crippen LogP contribution in [0.1, 0.15) is 12.5 Å². The van der Waals surface area contributed by atoms with Crippen LogP contribution in [0.15, 0.2) is 53.9 Å². The van der Waals surface area contributed by atoms with Crippen LogP contribution >= 0.6 is 11.3 Å². The van der Waals surface area contributed by atoms with Crippen molar-refractivity contribution in [1.29, 1.82) is 0 Å². The van der Waals surface area contributed by atoms with Crippen LogP contribution in [-0.4, -0.2) is 11.1 Å². The summed E-state index contributed by atoms with van der Waals surface area (Å²) in [5.74, 6) is 0.317. The Bertz CT molecular complexity index is 702. The second-order valence-electron chi connectivity index (χ2n) is 5.09. The fourth-order valence-corrected chi connectivity index (χ4v) is 3.15. The number of hydrogen-bond acceptors (Lipinski definition) is 3. The molecule has 1 heterocycles. The standard InChI is InChI=1S/C17H17NOS/c1-12(10-13-2-5-16(19)6-3-13)18-15-4-7-17-14(11-15)8-9-20-17/h2-9,11-12,18-19H,10H2,1H3. The summed E-state index contributed by atoms with van der Waals surface area (Å²) in [5, 5.41) is 16.2. The molecule has 0 aliphatic carbocycles. The highest BCUT2D eigenvalue weighted by atomic mass is 32.1. The molecule has 0 bridgehead atoms. The molecule has 0 radical (unpaired) electrons. The van der Waals surface area contributed by atoms with Gasteiger partial charge in [0.1, 0.15) is 5.75 Å².